The lowest BCUT2D eigenvalue weighted by molar-refractivity contribution is -0.129. The molecule has 1 heterocycles. The summed E-state index contributed by atoms with van der Waals surface area (Å²) < 4.78 is 10.6. The van der Waals surface area contributed by atoms with Gasteiger partial charge in [-0.25, -0.2) is 4.99 Å². The van der Waals surface area contributed by atoms with E-state index in [9.17, 15) is 4.79 Å². The highest BCUT2D eigenvalue weighted by molar-refractivity contribution is 14.0. The van der Waals surface area contributed by atoms with Gasteiger partial charge in [0, 0.05) is 32.1 Å². The summed E-state index contributed by atoms with van der Waals surface area (Å²) in [6.45, 7) is 6.78. The normalized spacial score (nSPS) is 16.5. The van der Waals surface area contributed by atoms with E-state index in [0.717, 1.165) is 37.6 Å². The van der Waals surface area contributed by atoms with Crippen LogP contribution < -0.4 is 20.1 Å². The number of nitrogens with one attached hydrogen (secondary N) is 2. The third kappa shape index (κ3) is 6.75. The van der Waals surface area contributed by atoms with E-state index in [-0.39, 0.29) is 35.9 Å². The summed E-state index contributed by atoms with van der Waals surface area (Å²) in [4.78, 5) is 18.4. The van der Waals surface area contributed by atoms with Crippen molar-refractivity contribution in [2.45, 2.75) is 39.3 Å². The molecule has 1 aromatic rings. The van der Waals surface area contributed by atoms with Crippen molar-refractivity contribution in [3.8, 4) is 11.5 Å². The third-order valence-electron chi connectivity index (χ3n) is 4.40. The van der Waals surface area contributed by atoms with E-state index in [0.29, 0.717) is 24.5 Å². The average Bonchev–Trinajstić information content (AvgIpc) is 3.13. The van der Waals surface area contributed by atoms with Crippen molar-refractivity contribution < 1.29 is 14.3 Å². The number of carbonyl (C=O) groups excluding carboxylic acids is 1. The van der Waals surface area contributed by atoms with Gasteiger partial charge < -0.3 is 25.0 Å². The number of guanidine groups is 1. The highest BCUT2D eigenvalue weighted by Gasteiger charge is 2.25. The Labute approximate surface area is 178 Å². The largest absolute Gasteiger partial charge is 0.493 e. The second kappa shape index (κ2) is 11.9. The van der Waals surface area contributed by atoms with Gasteiger partial charge in [0.05, 0.1) is 20.8 Å². The summed E-state index contributed by atoms with van der Waals surface area (Å²) in [6, 6.07) is 6.03. The van der Waals surface area contributed by atoms with Gasteiger partial charge in [0.1, 0.15) is 0 Å². The van der Waals surface area contributed by atoms with Crippen molar-refractivity contribution in [3.05, 3.63) is 23.8 Å². The number of halogens is 1. The lowest BCUT2D eigenvalue weighted by Crippen LogP contribution is -2.45. The molecule has 27 heavy (non-hydrogen) atoms. The van der Waals surface area contributed by atoms with Crippen LogP contribution in [0.4, 0.5) is 0 Å². The van der Waals surface area contributed by atoms with E-state index in [1.165, 1.54) is 0 Å². The van der Waals surface area contributed by atoms with E-state index in [1.54, 1.807) is 14.2 Å². The van der Waals surface area contributed by atoms with E-state index < -0.39 is 0 Å². The quantitative estimate of drug-likeness (QED) is 0.349. The van der Waals surface area contributed by atoms with E-state index in [1.807, 2.05) is 36.9 Å². The zero-order valence-corrected chi connectivity index (χ0v) is 18.9. The smallest absolute Gasteiger partial charge is 0.222 e. The second-order valence-corrected chi connectivity index (χ2v) is 6.21. The number of rotatable bonds is 7. The van der Waals surface area contributed by atoms with Crippen LogP contribution in [0.3, 0.4) is 0 Å². The van der Waals surface area contributed by atoms with Crippen molar-refractivity contribution in [2.24, 2.45) is 4.99 Å². The number of methoxy groups -OCH3 is 2. The summed E-state index contributed by atoms with van der Waals surface area (Å²) in [5, 5.41) is 6.70. The molecule has 2 rings (SSSR count). The molecule has 0 spiro atoms. The lowest BCUT2D eigenvalue weighted by atomic mass is 10.2. The first-order valence-corrected chi connectivity index (χ1v) is 9.14. The first-order valence-electron chi connectivity index (χ1n) is 9.14. The maximum absolute atomic E-state index is 11.8. The van der Waals surface area contributed by atoms with Crippen LogP contribution in [0.25, 0.3) is 0 Å². The summed E-state index contributed by atoms with van der Waals surface area (Å²) in [5.41, 5.74) is 1.04. The monoisotopic (exact) mass is 490 g/mol. The molecular weight excluding hydrogens is 459 g/mol. The minimum atomic E-state index is 0. The Morgan fingerprint density at radius 2 is 2.00 bits per heavy atom. The zero-order valence-electron chi connectivity index (χ0n) is 16.6. The molecule has 0 aliphatic carbocycles. The van der Waals surface area contributed by atoms with Crippen LogP contribution in [0.15, 0.2) is 23.2 Å². The Hall–Kier alpha value is -1.71. The second-order valence-electron chi connectivity index (χ2n) is 6.21. The molecule has 1 aliphatic rings. The SMILES string of the molecule is CCNC(=NCc1ccc(OC)c(OC)c1)NC1CCN(C(=O)CC)C1.I. The van der Waals surface area contributed by atoms with Crippen molar-refractivity contribution in [3.63, 3.8) is 0 Å². The third-order valence-corrected chi connectivity index (χ3v) is 4.40. The van der Waals surface area contributed by atoms with Crippen LogP contribution in [0.1, 0.15) is 32.3 Å². The van der Waals surface area contributed by atoms with Gasteiger partial charge in [-0.05, 0) is 31.0 Å². The van der Waals surface area contributed by atoms with Gasteiger partial charge in [-0.1, -0.05) is 13.0 Å². The van der Waals surface area contributed by atoms with Gasteiger partial charge in [-0.15, -0.1) is 24.0 Å². The number of hydrogen-bond donors (Lipinski definition) is 2. The molecule has 1 amide bonds. The van der Waals surface area contributed by atoms with E-state index in [2.05, 4.69) is 15.6 Å². The molecule has 7 nitrogen and oxygen atoms in total. The average molecular weight is 490 g/mol. The molecular formula is C19H31IN4O3. The Kier molecular flexibility index (Phi) is 10.3. The topological polar surface area (TPSA) is 75.2 Å². The first-order chi connectivity index (χ1) is 12.6. The number of likely N-dealkylation sites (tertiary alicyclic amines) is 1. The molecule has 1 fully saturated rings. The summed E-state index contributed by atoms with van der Waals surface area (Å²) in [7, 11) is 3.25. The summed E-state index contributed by atoms with van der Waals surface area (Å²) >= 11 is 0. The Balaban J connectivity index is 0.00000364. The van der Waals surface area contributed by atoms with Crippen LogP contribution in [-0.4, -0.2) is 56.7 Å². The number of carbonyl (C=O) groups is 1. The highest BCUT2D eigenvalue weighted by Crippen LogP contribution is 2.27. The van der Waals surface area contributed by atoms with Crippen LogP contribution >= 0.6 is 24.0 Å². The Morgan fingerprint density at radius 3 is 2.63 bits per heavy atom. The summed E-state index contributed by atoms with van der Waals surface area (Å²) in [6.07, 6.45) is 1.49. The fourth-order valence-electron chi connectivity index (χ4n) is 2.99. The maximum atomic E-state index is 11.8. The van der Waals surface area contributed by atoms with Crippen molar-refractivity contribution >= 4 is 35.8 Å². The van der Waals surface area contributed by atoms with Crippen LogP contribution in [0.2, 0.25) is 0 Å². The Morgan fingerprint density at radius 1 is 1.26 bits per heavy atom. The molecule has 1 atom stereocenters. The molecule has 0 aromatic heterocycles. The van der Waals surface area contributed by atoms with Crippen molar-refractivity contribution in [1.82, 2.24) is 15.5 Å². The number of aliphatic imine (C=N–C) groups is 1. The van der Waals surface area contributed by atoms with Gasteiger partial charge in [-0.2, -0.15) is 0 Å². The van der Waals surface area contributed by atoms with Gasteiger partial charge in [0.2, 0.25) is 5.91 Å². The highest BCUT2D eigenvalue weighted by atomic mass is 127. The van der Waals surface area contributed by atoms with Gasteiger partial charge in [0.25, 0.3) is 0 Å². The molecule has 1 saturated heterocycles. The maximum Gasteiger partial charge on any atom is 0.222 e. The number of nitrogens with zero attached hydrogens (tertiary/aromatic N) is 2. The van der Waals surface area contributed by atoms with E-state index >= 15 is 0 Å². The lowest BCUT2D eigenvalue weighted by Gasteiger charge is -2.18. The number of ether oxygens (including phenoxy) is 2. The molecule has 152 valence electrons. The van der Waals surface area contributed by atoms with Crippen LogP contribution in [0, 0.1) is 0 Å². The van der Waals surface area contributed by atoms with Gasteiger partial charge in [-0.3, -0.25) is 4.79 Å². The fraction of sp³-hybridized carbons (Fsp3) is 0.579. The fourth-order valence-corrected chi connectivity index (χ4v) is 2.99. The molecule has 0 saturated carbocycles. The van der Waals surface area contributed by atoms with Gasteiger partial charge >= 0.3 is 0 Å². The minimum Gasteiger partial charge on any atom is -0.493 e. The van der Waals surface area contributed by atoms with E-state index in [4.69, 9.17) is 9.47 Å². The molecule has 1 unspecified atom stereocenters. The van der Waals surface area contributed by atoms with Gasteiger partial charge in [0.15, 0.2) is 17.5 Å². The predicted octanol–water partition coefficient (Wildman–Crippen LogP) is 2.39. The zero-order chi connectivity index (χ0) is 18.9. The standard InChI is InChI=1S/C19H30N4O3.HI/c1-5-18(24)23-10-9-15(13-23)22-19(20-6-2)21-12-14-7-8-16(25-3)17(11-14)26-4;/h7-8,11,15H,5-6,9-10,12-13H2,1-4H3,(H2,20,21,22);1H. The van der Waals surface area contributed by atoms with Crippen LogP contribution in [0.5, 0.6) is 11.5 Å². The van der Waals surface area contributed by atoms with Crippen molar-refractivity contribution in [2.75, 3.05) is 33.9 Å². The number of benzene rings is 1. The molecule has 1 aliphatic heterocycles. The molecule has 0 radical (unpaired) electrons. The minimum absolute atomic E-state index is 0. The summed E-state index contributed by atoms with van der Waals surface area (Å²) in [5.74, 6) is 2.37. The number of amides is 1. The van der Waals surface area contributed by atoms with Crippen molar-refractivity contribution in [1.29, 1.82) is 0 Å². The molecule has 2 N–H and O–H groups in total. The molecule has 1 aromatic carbocycles. The Bertz CT molecular complexity index is 639. The molecule has 0 bridgehead atoms. The predicted molar refractivity (Wildman–Crippen MR) is 118 cm³/mol. The molecule has 8 heteroatoms. The van der Waals surface area contributed by atoms with Crippen LogP contribution in [-0.2, 0) is 11.3 Å². The number of hydrogen-bond acceptors (Lipinski definition) is 4. The first kappa shape index (κ1) is 23.3.